The van der Waals surface area contributed by atoms with E-state index in [9.17, 15) is 14.9 Å². The summed E-state index contributed by atoms with van der Waals surface area (Å²) in [5, 5.41) is 11.5. The number of rotatable bonds is 2. The van der Waals surface area contributed by atoms with Gasteiger partial charge < -0.3 is 4.98 Å². The molecule has 0 atom stereocenters. The Morgan fingerprint density at radius 1 is 1.08 bits per heavy atom. The smallest absolute Gasteiger partial charge is 0.269 e. The zero-order valence-electron chi connectivity index (χ0n) is 13.6. The number of H-pyrrole nitrogens is 1. The van der Waals surface area contributed by atoms with Crippen LogP contribution in [0.25, 0.3) is 21.6 Å². The topological polar surface area (TPSA) is 88.9 Å². The minimum absolute atomic E-state index is 0.0197. The first-order valence-corrected chi connectivity index (χ1v) is 9.24. The van der Waals surface area contributed by atoms with Gasteiger partial charge in [-0.15, -0.1) is 11.3 Å². The van der Waals surface area contributed by atoms with Gasteiger partial charge in [-0.05, 0) is 43.4 Å². The van der Waals surface area contributed by atoms with Gasteiger partial charge in [0.15, 0.2) is 0 Å². The van der Waals surface area contributed by atoms with Gasteiger partial charge in [0.1, 0.15) is 10.7 Å². The number of hydrogen-bond acceptors (Lipinski definition) is 5. The zero-order valence-corrected chi connectivity index (χ0v) is 14.4. The van der Waals surface area contributed by atoms with Crippen LogP contribution in [-0.2, 0) is 12.8 Å². The van der Waals surface area contributed by atoms with Crippen molar-refractivity contribution in [3.8, 4) is 11.4 Å². The van der Waals surface area contributed by atoms with E-state index < -0.39 is 4.92 Å². The standard InChI is InChI=1S/C18H17N3O3S/c22-17-15-13-5-3-1-2-4-6-14(13)25-18(15)20-16(19-17)11-7-9-12(10-8-11)21(23)24/h7-10H,1-6H2,(H,19,20,22). The van der Waals surface area contributed by atoms with E-state index in [1.807, 2.05) is 0 Å². The Bertz CT molecular complexity index is 1000. The van der Waals surface area contributed by atoms with Crippen molar-refractivity contribution >= 4 is 27.2 Å². The summed E-state index contributed by atoms with van der Waals surface area (Å²) < 4.78 is 0. The number of thiophene rings is 1. The fourth-order valence-corrected chi connectivity index (χ4v) is 4.66. The second-order valence-electron chi connectivity index (χ2n) is 6.32. The number of nitro benzene ring substituents is 1. The number of nitro groups is 1. The lowest BCUT2D eigenvalue weighted by atomic mass is 9.98. The lowest BCUT2D eigenvalue weighted by Gasteiger charge is -2.08. The first-order chi connectivity index (χ1) is 12.1. The summed E-state index contributed by atoms with van der Waals surface area (Å²) in [6.07, 6.45) is 6.68. The lowest BCUT2D eigenvalue weighted by molar-refractivity contribution is -0.384. The van der Waals surface area contributed by atoms with Crippen LogP contribution in [0.3, 0.4) is 0 Å². The van der Waals surface area contributed by atoms with E-state index in [1.54, 1.807) is 23.5 Å². The van der Waals surface area contributed by atoms with E-state index in [0.717, 1.165) is 35.9 Å². The molecule has 0 saturated heterocycles. The molecule has 128 valence electrons. The van der Waals surface area contributed by atoms with Crippen LogP contribution in [0, 0.1) is 10.1 Å². The number of aryl methyl sites for hydroxylation is 2. The molecule has 2 aromatic heterocycles. The Morgan fingerprint density at radius 3 is 2.52 bits per heavy atom. The zero-order chi connectivity index (χ0) is 17.4. The molecular weight excluding hydrogens is 338 g/mol. The van der Waals surface area contributed by atoms with E-state index in [2.05, 4.69) is 9.97 Å². The van der Waals surface area contributed by atoms with Gasteiger partial charge in [-0.2, -0.15) is 0 Å². The summed E-state index contributed by atoms with van der Waals surface area (Å²) >= 11 is 1.61. The molecule has 6 nitrogen and oxygen atoms in total. The van der Waals surface area contributed by atoms with Gasteiger partial charge in [-0.1, -0.05) is 12.8 Å². The Labute approximate surface area is 147 Å². The average molecular weight is 355 g/mol. The van der Waals surface area contributed by atoms with Crippen molar-refractivity contribution < 1.29 is 4.92 Å². The van der Waals surface area contributed by atoms with Gasteiger partial charge in [0.25, 0.3) is 11.2 Å². The number of non-ortho nitro benzene ring substituents is 1. The molecule has 1 N–H and O–H groups in total. The predicted molar refractivity (Wildman–Crippen MR) is 98.2 cm³/mol. The van der Waals surface area contributed by atoms with Crippen molar-refractivity contribution in [2.75, 3.05) is 0 Å². The third kappa shape index (κ3) is 2.95. The maximum Gasteiger partial charge on any atom is 0.269 e. The van der Waals surface area contributed by atoms with E-state index >= 15 is 0 Å². The summed E-state index contributed by atoms with van der Waals surface area (Å²) in [5.41, 5.74) is 1.75. The number of hydrogen-bond donors (Lipinski definition) is 1. The highest BCUT2D eigenvalue weighted by atomic mass is 32.1. The van der Waals surface area contributed by atoms with E-state index in [1.165, 1.54) is 35.4 Å². The normalized spacial score (nSPS) is 14.7. The summed E-state index contributed by atoms with van der Waals surface area (Å²) in [5.74, 6) is 0.460. The number of aromatic amines is 1. The fourth-order valence-electron chi connectivity index (χ4n) is 3.40. The molecule has 7 heteroatoms. The van der Waals surface area contributed by atoms with Crippen molar-refractivity contribution in [2.24, 2.45) is 0 Å². The van der Waals surface area contributed by atoms with Gasteiger partial charge in [0.05, 0.1) is 10.3 Å². The molecule has 1 aliphatic rings. The number of benzene rings is 1. The third-order valence-corrected chi connectivity index (χ3v) is 5.86. The van der Waals surface area contributed by atoms with Crippen LogP contribution in [0.15, 0.2) is 29.1 Å². The van der Waals surface area contributed by atoms with Crippen LogP contribution in [0.1, 0.15) is 36.1 Å². The maximum atomic E-state index is 12.7. The Morgan fingerprint density at radius 2 is 1.80 bits per heavy atom. The monoisotopic (exact) mass is 355 g/mol. The van der Waals surface area contributed by atoms with E-state index in [-0.39, 0.29) is 11.2 Å². The number of fused-ring (bicyclic) bond motifs is 3. The average Bonchev–Trinajstić information content (AvgIpc) is 2.92. The second-order valence-corrected chi connectivity index (χ2v) is 7.40. The van der Waals surface area contributed by atoms with Crippen molar-refractivity contribution in [3.63, 3.8) is 0 Å². The molecule has 25 heavy (non-hydrogen) atoms. The van der Waals surface area contributed by atoms with Gasteiger partial charge in [-0.25, -0.2) is 4.98 Å². The second kappa shape index (κ2) is 6.40. The van der Waals surface area contributed by atoms with Gasteiger partial charge in [0, 0.05) is 22.6 Å². The lowest BCUT2D eigenvalue weighted by Crippen LogP contribution is -2.10. The predicted octanol–water partition coefficient (Wildman–Crippen LogP) is 4.22. The highest BCUT2D eigenvalue weighted by Gasteiger charge is 2.19. The highest BCUT2D eigenvalue weighted by Crippen LogP contribution is 2.33. The number of nitrogens with one attached hydrogen (secondary N) is 1. The van der Waals surface area contributed by atoms with E-state index in [4.69, 9.17) is 0 Å². The molecule has 4 rings (SSSR count). The quantitative estimate of drug-likeness (QED) is 0.550. The van der Waals surface area contributed by atoms with Crippen LogP contribution in [0.5, 0.6) is 0 Å². The largest absolute Gasteiger partial charge is 0.306 e. The number of nitrogens with zero attached hydrogens (tertiary/aromatic N) is 2. The van der Waals surface area contributed by atoms with Gasteiger partial charge in [0.2, 0.25) is 0 Å². The summed E-state index contributed by atoms with van der Waals surface area (Å²) in [6, 6.07) is 6.08. The molecule has 0 bridgehead atoms. The molecular formula is C18H17N3O3S. The molecule has 0 unspecified atom stereocenters. The van der Waals surface area contributed by atoms with Crippen LogP contribution < -0.4 is 5.56 Å². The minimum atomic E-state index is -0.442. The molecule has 0 saturated carbocycles. The summed E-state index contributed by atoms with van der Waals surface area (Å²) in [4.78, 5) is 32.6. The number of aromatic nitrogens is 2. The first-order valence-electron chi connectivity index (χ1n) is 8.43. The van der Waals surface area contributed by atoms with Crippen LogP contribution in [0.4, 0.5) is 5.69 Å². The van der Waals surface area contributed by atoms with Crippen molar-refractivity contribution in [2.45, 2.75) is 38.5 Å². The van der Waals surface area contributed by atoms with Crippen LogP contribution >= 0.6 is 11.3 Å². The molecule has 0 spiro atoms. The Balaban J connectivity index is 1.82. The molecule has 0 aliphatic heterocycles. The highest BCUT2D eigenvalue weighted by molar-refractivity contribution is 7.18. The first kappa shape index (κ1) is 16.0. The van der Waals surface area contributed by atoms with Gasteiger partial charge in [-0.3, -0.25) is 14.9 Å². The van der Waals surface area contributed by atoms with Crippen molar-refractivity contribution in [1.82, 2.24) is 9.97 Å². The van der Waals surface area contributed by atoms with Crippen molar-refractivity contribution in [1.29, 1.82) is 0 Å². The molecule has 3 aromatic rings. The molecule has 0 amide bonds. The summed E-state index contributed by atoms with van der Waals surface area (Å²) in [7, 11) is 0. The summed E-state index contributed by atoms with van der Waals surface area (Å²) in [6.45, 7) is 0. The molecule has 0 fully saturated rings. The fraction of sp³-hybridized carbons (Fsp3) is 0.333. The van der Waals surface area contributed by atoms with E-state index in [0.29, 0.717) is 11.4 Å². The minimum Gasteiger partial charge on any atom is -0.306 e. The van der Waals surface area contributed by atoms with Crippen molar-refractivity contribution in [3.05, 3.63) is 55.2 Å². The third-order valence-electron chi connectivity index (χ3n) is 4.68. The Hall–Kier alpha value is -2.54. The molecule has 1 aliphatic carbocycles. The maximum absolute atomic E-state index is 12.7. The van der Waals surface area contributed by atoms with Crippen LogP contribution in [0.2, 0.25) is 0 Å². The molecule has 1 aromatic carbocycles. The molecule has 2 heterocycles. The van der Waals surface area contributed by atoms with Crippen LogP contribution in [-0.4, -0.2) is 14.9 Å². The SMILES string of the molecule is O=c1[nH]c(-c2ccc([N+](=O)[O-])cc2)nc2sc3c(c12)CCCCCC3. The Kier molecular flexibility index (Phi) is 4.09. The van der Waals surface area contributed by atoms with Gasteiger partial charge >= 0.3 is 0 Å². The molecule has 0 radical (unpaired) electrons.